The van der Waals surface area contributed by atoms with Crippen LogP contribution >= 0.6 is 0 Å². The molecule has 0 heteroatoms. The van der Waals surface area contributed by atoms with Crippen molar-refractivity contribution in [2.45, 2.75) is 174 Å². The predicted molar refractivity (Wildman–Crippen MR) is 193 cm³/mol. The molecule has 4 aliphatic rings. The first-order chi connectivity index (χ1) is 19.6. The summed E-state index contributed by atoms with van der Waals surface area (Å²) >= 11 is 0. The molecule has 4 saturated carbocycles. The van der Waals surface area contributed by atoms with Crippen LogP contribution in [-0.4, -0.2) is 0 Å². The highest BCUT2D eigenvalue weighted by Crippen LogP contribution is 2.66. The van der Waals surface area contributed by atoms with Crippen LogP contribution in [0.5, 0.6) is 0 Å². The lowest BCUT2D eigenvalue weighted by Gasteiger charge is -2.58. The van der Waals surface area contributed by atoms with E-state index in [0.717, 1.165) is 47.0 Å². The summed E-state index contributed by atoms with van der Waals surface area (Å²) in [6.45, 7) is 39.8. The molecule has 0 nitrogen and oxygen atoms in total. The highest BCUT2D eigenvalue weighted by molar-refractivity contribution is 5.09. The zero-order valence-corrected chi connectivity index (χ0v) is 31.4. The minimum absolute atomic E-state index is 0.647. The van der Waals surface area contributed by atoms with Crippen LogP contribution in [-0.2, 0) is 0 Å². The number of fused-ring (bicyclic) bond motifs is 5. The number of rotatable bonds is 5. The summed E-state index contributed by atoms with van der Waals surface area (Å²) in [5.74, 6) is 7.21. The van der Waals surface area contributed by atoms with Crippen LogP contribution in [0.25, 0.3) is 0 Å². The lowest BCUT2D eigenvalue weighted by atomic mass is 9.47. The lowest BCUT2D eigenvalue weighted by Crippen LogP contribution is -2.50. The van der Waals surface area contributed by atoms with E-state index in [2.05, 4.69) is 60.8 Å². The monoisotopic (exact) mass is 573 g/mol. The fourth-order valence-corrected chi connectivity index (χ4v) is 9.25. The molecule has 0 N–H and O–H groups in total. The van der Waals surface area contributed by atoms with Gasteiger partial charge in [0, 0.05) is 0 Å². The highest BCUT2D eigenvalue weighted by atomic mass is 14.6. The summed E-state index contributed by atoms with van der Waals surface area (Å²) in [6, 6.07) is 0. The van der Waals surface area contributed by atoms with E-state index in [9.17, 15) is 0 Å². The van der Waals surface area contributed by atoms with Crippen LogP contribution < -0.4 is 0 Å². The third-order valence-corrected chi connectivity index (χ3v) is 11.5. The zero-order chi connectivity index (χ0) is 32.4. The molecule has 0 aromatic heterocycles. The van der Waals surface area contributed by atoms with Crippen molar-refractivity contribution in [1.82, 2.24) is 0 Å². The second-order valence-corrected chi connectivity index (χ2v) is 13.4. The Hall–Kier alpha value is -0.780. The molecule has 41 heavy (non-hydrogen) atoms. The van der Waals surface area contributed by atoms with Gasteiger partial charge in [-0.25, -0.2) is 0 Å². The number of allylic oxidation sites excluding steroid dienone is 4. The van der Waals surface area contributed by atoms with Crippen LogP contribution in [0.2, 0.25) is 0 Å². The van der Waals surface area contributed by atoms with Crippen LogP contribution in [0.1, 0.15) is 174 Å². The molecule has 7 unspecified atom stereocenters. The second kappa shape index (κ2) is 21.8. The predicted octanol–water partition coefficient (Wildman–Crippen LogP) is 14.5. The summed E-state index contributed by atoms with van der Waals surface area (Å²) in [4.78, 5) is 0. The summed E-state index contributed by atoms with van der Waals surface area (Å²) < 4.78 is 0. The molecule has 4 fully saturated rings. The Bertz CT molecular complexity index is 712. The average molecular weight is 573 g/mol. The van der Waals surface area contributed by atoms with E-state index < -0.39 is 0 Å². The Morgan fingerprint density at radius 2 is 1.34 bits per heavy atom. The molecule has 4 rings (SSSR count). The SMILES string of the molecule is C/C=C(\C)C[C@@H](C)C1CCC2C3CCC4C[C@@](C)(CC)CCC4C3CCC21C.C=CC(=C)C.CC.CC.CC.CC. The third-order valence-electron chi connectivity index (χ3n) is 11.5. The minimum atomic E-state index is 0.647. The standard InChI is InChI=1S/C28H48.C5H8.4C2H6/c1-7-19(3)17-20(4)25-11-12-26-24-10-9-21-18-27(5,8-2)15-13-22(21)23(24)14-16-28(25,26)6;1-4-5(2)3;4*1-2/h7,20-26H,8-18H2,1-6H3;4H,1-2H2,3H3;4*1-2H3/b19-7+;;;;;/t20-,21?,22?,23?,24?,25?,26?,27+,28?;;;;;/m1...../s1. The van der Waals surface area contributed by atoms with Gasteiger partial charge in [0.1, 0.15) is 0 Å². The van der Waals surface area contributed by atoms with Crippen LogP contribution in [0.3, 0.4) is 0 Å². The molecule has 0 aromatic carbocycles. The third kappa shape index (κ3) is 11.3. The van der Waals surface area contributed by atoms with Gasteiger partial charge < -0.3 is 0 Å². The second-order valence-electron chi connectivity index (χ2n) is 13.4. The van der Waals surface area contributed by atoms with E-state index in [1.54, 1.807) is 50.2 Å². The molecule has 0 bridgehead atoms. The van der Waals surface area contributed by atoms with Gasteiger partial charge in [0.15, 0.2) is 0 Å². The van der Waals surface area contributed by atoms with E-state index in [4.69, 9.17) is 0 Å². The maximum atomic E-state index is 3.56. The van der Waals surface area contributed by atoms with E-state index in [0.29, 0.717) is 10.8 Å². The largest absolute Gasteiger partial charge is 0.0988 e. The van der Waals surface area contributed by atoms with Gasteiger partial charge >= 0.3 is 0 Å². The lowest BCUT2D eigenvalue weighted by molar-refractivity contribution is -0.0829. The fraction of sp³-hybridized carbons (Fsp3) is 0.854. The summed E-state index contributed by atoms with van der Waals surface area (Å²) in [5.41, 5.74) is 3.93. The molecule has 0 amide bonds. The minimum Gasteiger partial charge on any atom is -0.0988 e. The van der Waals surface area contributed by atoms with Gasteiger partial charge in [-0.05, 0) is 137 Å². The molecule has 244 valence electrons. The van der Waals surface area contributed by atoms with Crippen molar-refractivity contribution in [3.05, 3.63) is 36.5 Å². The van der Waals surface area contributed by atoms with Gasteiger partial charge in [-0.3, -0.25) is 0 Å². The normalized spacial score (nSPS) is 35.4. The molecular weight excluding hydrogens is 492 g/mol. The van der Waals surface area contributed by atoms with Crippen molar-refractivity contribution < 1.29 is 0 Å². The summed E-state index contributed by atoms with van der Waals surface area (Å²) in [5, 5.41) is 0. The fourth-order valence-electron chi connectivity index (χ4n) is 9.25. The van der Waals surface area contributed by atoms with Crippen molar-refractivity contribution in [1.29, 1.82) is 0 Å². The molecular formula is C41H80. The van der Waals surface area contributed by atoms with E-state index in [1.165, 1.54) is 32.1 Å². The first-order valence-corrected chi connectivity index (χ1v) is 18.5. The van der Waals surface area contributed by atoms with Gasteiger partial charge in [-0.2, -0.15) is 0 Å². The maximum Gasteiger partial charge on any atom is -0.0264 e. The Kier molecular flexibility index (Phi) is 22.6. The Morgan fingerprint density at radius 1 is 0.805 bits per heavy atom. The van der Waals surface area contributed by atoms with Gasteiger partial charge in [0.25, 0.3) is 0 Å². The van der Waals surface area contributed by atoms with Gasteiger partial charge in [-0.15, -0.1) is 0 Å². The van der Waals surface area contributed by atoms with Gasteiger partial charge in [0.2, 0.25) is 0 Å². The van der Waals surface area contributed by atoms with Gasteiger partial charge in [-0.1, -0.05) is 126 Å². The Balaban J connectivity index is 0. The highest BCUT2D eigenvalue weighted by Gasteiger charge is 2.58. The summed E-state index contributed by atoms with van der Waals surface area (Å²) in [6.07, 6.45) is 20.7. The first-order valence-electron chi connectivity index (χ1n) is 18.5. The van der Waals surface area contributed by atoms with Crippen LogP contribution in [0.4, 0.5) is 0 Å². The maximum absolute atomic E-state index is 3.56. The number of hydrogen-bond donors (Lipinski definition) is 0. The van der Waals surface area contributed by atoms with E-state index in [1.807, 2.05) is 62.3 Å². The molecule has 9 atom stereocenters. The molecule has 0 aliphatic heterocycles. The smallest absolute Gasteiger partial charge is 0.0264 e. The average Bonchev–Trinajstić information content (AvgIpc) is 3.38. The quantitative estimate of drug-likeness (QED) is 0.227. The van der Waals surface area contributed by atoms with Crippen molar-refractivity contribution >= 4 is 0 Å². The molecule has 0 heterocycles. The van der Waals surface area contributed by atoms with Crippen molar-refractivity contribution in [2.24, 2.45) is 52.3 Å². The summed E-state index contributed by atoms with van der Waals surface area (Å²) in [7, 11) is 0. The van der Waals surface area contributed by atoms with Crippen molar-refractivity contribution in [2.75, 3.05) is 0 Å². The number of hydrogen-bond acceptors (Lipinski definition) is 0. The molecule has 4 aliphatic carbocycles. The van der Waals surface area contributed by atoms with Gasteiger partial charge in [0.05, 0.1) is 0 Å². The van der Waals surface area contributed by atoms with Crippen molar-refractivity contribution in [3.8, 4) is 0 Å². The van der Waals surface area contributed by atoms with Crippen LogP contribution in [0.15, 0.2) is 36.5 Å². The van der Waals surface area contributed by atoms with E-state index in [-0.39, 0.29) is 0 Å². The van der Waals surface area contributed by atoms with Crippen LogP contribution in [0, 0.1) is 52.3 Å². The molecule has 0 spiro atoms. The molecule has 0 saturated heterocycles. The molecule has 0 radical (unpaired) electrons. The Labute approximate surface area is 262 Å². The Morgan fingerprint density at radius 3 is 1.83 bits per heavy atom. The zero-order valence-electron chi connectivity index (χ0n) is 31.4. The topological polar surface area (TPSA) is 0 Å². The van der Waals surface area contributed by atoms with Crippen molar-refractivity contribution in [3.63, 3.8) is 0 Å². The van der Waals surface area contributed by atoms with E-state index >= 15 is 0 Å². The molecule has 0 aromatic rings. The first kappa shape index (κ1) is 42.4.